The summed E-state index contributed by atoms with van der Waals surface area (Å²) in [4.78, 5) is 16.1. The van der Waals surface area contributed by atoms with Gasteiger partial charge >= 0.3 is 0 Å². The van der Waals surface area contributed by atoms with Crippen molar-refractivity contribution in [3.05, 3.63) is 59.6 Å². The van der Waals surface area contributed by atoms with E-state index in [0.29, 0.717) is 10.8 Å². The van der Waals surface area contributed by atoms with E-state index in [2.05, 4.69) is 10.3 Å². The highest BCUT2D eigenvalue weighted by Crippen LogP contribution is 2.25. The third kappa shape index (κ3) is 2.60. The SMILES string of the molecule is O=C(Nc1nc(-c2ccc(F)cc2)cs1)c1ccco1. The van der Waals surface area contributed by atoms with Gasteiger partial charge in [0.2, 0.25) is 0 Å². The van der Waals surface area contributed by atoms with Crippen LogP contribution in [0.5, 0.6) is 0 Å². The lowest BCUT2D eigenvalue weighted by molar-refractivity contribution is 0.0996. The molecule has 6 heteroatoms. The van der Waals surface area contributed by atoms with Gasteiger partial charge in [0.1, 0.15) is 5.82 Å². The van der Waals surface area contributed by atoms with Gasteiger partial charge in [0.25, 0.3) is 5.91 Å². The predicted octanol–water partition coefficient (Wildman–Crippen LogP) is 3.79. The van der Waals surface area contributed by atoms with Gasteiger partial charge in [-0.3, -0.25) is 10.1 Å². The molecule has 0 saturated heterocycles. The van der Waals surface area contributed by atoms with E-state index in [-0.39, 0.29) is 17.5 Å². The van der Waals surface area contributed by atoms with Gasteiger partial charge in [-0.25, -0.2) is 9.37 Å². The second-order valence-electron chi connectivity index (χ2n) is 3.98. The Morgan fingerprint density at radius 2 is 2.05 bits per heavy atom. The van der Waals surface area contributed by atoms with Crippen LogP contribution in [-0.4, -0.2) is 10.9 Å². The Morgan fingerprint density at radius 1 is 1.25 bits per heavy atom. The van der Waals surface area contributed by atoms with Gasteiger partial charge in [-0.15, -0.1) is 11.3 Å². The molecule has 0 aliphatic heterocycles. The Hall–Kier alpha value is -2.47. The van der Waals surface area contributed by atoms with Crippen LogP contribution in [0.25, 0.3) is 11.3 Å². The van der Waals surface area contributed by atoms with Crippen LogP contribution in [0.1, 0.15) is 10.6 Å². The number of thiazole rings is 1. The number of hydrogen-bond donors (Lipinski definition) is 1. The fraction of sp³-hybridized carbons (Fsp3) is 0. The fourth-order valence-electron chi connectivity index (χ4n) is 1.65. The highest BCUT2D eigenvalue weighted by atomic mass is 32.1. The molecule has 2 aromatic heterocycles. The van der Waals surface area contributed by atoms with Gasteiger partial charge in [0, 0.05) is 10.9 Å². The zero-order valence-corrected chi connectivity index (χ0v) is 11.0. The summed E-state index contributed by atoms with van der Waals surface area (Å²) in [6.07, 6.45) is 1.43. The molecule has 0 saturated carbocycles. The monoisotopic (exact) mass is 288 g/mol. The maximum Gasteiger partial charge on any atom is 0.293 e. The number of benzene rings is 1. The largest absolute Gasteiger partial charge is 0.459 e. The van der Waals surface area contributed by atoms with E-state index < -0.39 is 0 Å². The number of nitrogens with zero attached hydrogens (tertiary/aromatic N) is 1. The summed E-state index contributed by atoms with van der Waals surface area (Å²) in [6.45, 7) is 0. The number of carbonyl (C=O) groups excluding carboxylic acids is 1. The number of aromatic nitrogens is 1. The molecule has 0 atom stereocenters. The molecule has 100 valence electrons. The molecule has 20 heavy (non-hydrogen) atoms. The van der Waals surface area contributed by atoms with Crippen LogP contribution in [0, 0.1) is 5.82 Å². The van der Waals surface area contributed by atoms with Crippen LogP contribution in [0.4, 0.5) is 9.52 Å². The molecule has 0 aliphatic rings. The first-order valence-electron chi connectivity index (χ1n) is 5.79. The normalized spacial score (nSPS) is 10.4. The summed E-state index contributed by atoms with van der Waals surface area (Å²) >= 11 is 1.30. The molecule has 1 N–H and O–H groups in total. The van der Waals surface area contributed by atoms with E-state index in [9.17, 15) is 9.18 Å². The molecular formula is C14H9FN2O2S. The van der Waals surface area contributed by atoms with Gasteiger partial charge in [-0.1, -0.05) is 0 Å². The third-order valence-corrected chi connectivity index (χ3v) is 3.37. The van der Waals surface area contributed by atoms with Crippen molar-refractivity contribution in [2.24, 2.45) is 0 Å². The van der Waals surface area contributed by atoms with Crippen LogP contribution in [-0.2, 0) is 0 Å². The van der Waals surface area contributed by atoms with Crippen molar-refractivity contribution in [1.29, 1.82) is 0 Å². The molecule has 3 aromatic rings. The van der Waals surface area contributed by atoms with E-state index >= 15 is 0 Å². The quantitative estimate of drug-likeness (QED) is 0.797. The average Bonchev–Trinajstić information content (AvgIpc) is 3.10. The number of furan rings is 1. The summed E-state index contributed by atoms with van der Waals surface area (Å²) in [5, 5.41) is 4.91. The number of hydrogen-bond acceptors (Lipinski definition) is 4. The van der Waals surface area contributed by atoms with Crippen molar-refractivity contribution in [3.63, 3.8) is 0 Å². The van der Waals surface area contributed by atoms with E-state index in [1.807, 2.05) is 0 Å². The predicted molar refractivity (Wildman–Crippen MR) is 74.2 cm³/mol. The minimum atomic E-state index is -0.352. The van der Waals surface area contributed by atoms with Gasteiger partial charge in [-0.05, 0) is 36.4 Å². The van der Waals surface area contributed by atoms with E-state index in [1.165, 1.54) is 29.7 Å². The maximum absolute atomic E-state index is 12.9. The topological polar surface area (TPSA) is 55.1 Å². The first-order valence-corrected chi connectivity index (χ1v) is 6.67. The van der Waals surface area contributed by atoms with Crippen molar-refractivity contribution in [1.82, 2.24) is 4.98 Å². The first kappa shape index (κ1) is 12.6. The molecule has 0 radical (unpaired) electrons. The van der Waals surface area contributed by atoms with Crippen LogP contribution in [0.2, 0.25) is 0 Å². The Balaban J connectivity index is 1.77. The molecule has 4 nitrogen and oxygen atoms in total. The number of halogens is 1. The minimum absolute atomic E-state index is 0.225. The summed E-state index contributed by atoms with van der Waals surface area (Å²) in [7, 11) is 0. The van der Waals surface area contributed by atoms with Crippen molar-refractivity contribution in [2.75, 3.05) is 5.32 Å². The van der Waals surface area contributed by atoms with Crippen molar-refractivity contribution in [2.45, 2.75) is 0 Å². The Bertz CT molecular complexity index is 720. The first-order chi connectivity index (χ1) is 9.72. The van der Waals surface area contributed by atoms with Gasteiger partial charge in [-0.2, -0.15) is 0 Å². The highest BCUT2D eigenvalue weighted by molar-refractivity contribution is 7.14. The highest BCUT2D eigenvalue weighted by Gasteiger charge is 2.11. The molecular weight excluding hydrogens is 279 g/mol. The van der Waals surface area contributed by atoms with Gasteiger partial charge < -0.3 is 4.42 Å². The Labute approximate surface area is 117 Å². The molecule has 1 aromatic carbocycles. The zero-order valence-electron chi connectivity index (χ0n) is 10.2. The number of nitrogens with one attached hydrogen (secondary N) is 1. The van der Waals surface area contributed by atoms with Gasteiger partial charge in [0.15, 0.2) is 10.9 Å². The van der Waals surface area contributed by atoms with E-state index in [4.69, 9.17) is 4.42 Å². The molecule has 0 aliphatic carbocycles. The number of amides is 1. The number of rotatable bonds is 3. The lowest BCUT2D eigenvalue weighted by Gasteiger charge is -1.98. The summed E-state index contributed by atoms with van der Waals surface area (Å²) in [5.74, 6) is -0.422. The van der Waals surface area contributed by atoms with Crippen molar-refractivity contribution in [3.8, 4) is 11.3 Å². The number of carbonyl (C=O) groups is 1. The minimum Gasteiger partial charge on any atom is -0.459 e. The lowest BCUT2D eigenvalue weighted by atomic mass is 10.2. The lowest BCUT2D eigenvalue weighted by Crippen LogP contribution is -2.10. The summed E-state index contributed by atoms with van der Waals surface area (Å²) in [5.41, 5.74) is 1.48. The van der Waals surface area contributed by atoms with Crippen LogP contribution in [0.3, 0.4) is 0 Å². The standard InChI is InChI=1S/C14H9FN2O2S/c15-10-5-3-9(4-6-10)11-8-20-14(16-11)17-13(18)12-2-1-7-19-12/h1-8H,(H,16,17,18). The van der Waals surface area contributed by atoms with E-state index in [1.54, 1.807) is 29.6 Å². The fourth-order valence-corrected chi connectivity index (χ4v) is 2.37. The second kappa shape index (κ2) is 5.26. The smallest absolute Gasteiger partial charge is 0.293 e. The Kier molecular flexibility index (Phi) is 3.30. The second-order valence-corrected chi connectivity index (χ2v) is 4.83. The van der Waals surface area contributed by atoms with E-state index in [0.717, 1.165) is 5.56 Å². The molecule has 2 heterocycles. The molecule has 0 fully saturated rings. The van der Waals surface area contributed by atoms with Crippen LogP contribution in [0.15, 0.2) is 52.5 Å². The van der Waals surface area contributed by atoms with Crippen LogP contribution >= 0.6 is 11.3 Å². The maximum atomic E-state index is 12.9. The molecule has 0 spiro atoms. The zero-order chi connectivity index (χ0) is 13.9. The molecule has 3 rings (SSSR count). The summed E-state index contributed by atoms with van der Waals surface area (Å²) < 4.78 is 17.8. The van der Waals surface area contributed by atoms with Crippen molar-refractivity contribution >= 4 is 22.4 Å². The van der Waals surface area contributed by atoms with Crippen LogP contribution < -0.4 is 5.32 Å². The summed E-state index contributed by atoms with van der Waals surface area (Å²) in [6, 6.07) is 9.24. The third-order valence-electron chi connectivity index (χ3n) is 2.61. The molecule has 1 amide bonds. The average molecular weight is 288 g/mol. The van der Waals surface area contributed by atoms with Gasteiger partial charge in [0.05, 0.1) is 12.0 Å². The number of anilines is 1. The van der Waals surface area contributed by atoms with Crippen molar-refractivity contribution < 1.29 is 13.6 Å². The molecule has 0 bridgehead atoms. The molecule has 0 unspecified atom stereocenters. The Morgan fingerprint density at radius 3 is 2.75 bits per heavy atom.